The molecule has 2 rings (SSSR count). The maximum absolute atomic E-state index is 12.9. The number of rotatable bonds is 10. The van der Waals surface area contributed by atoms with Crippen molar-refractivity contribution in [2.45, 2.75) is 19.3 Å². The van der Waals surface area contributed by atoms with E-state index in [1.54, 1.807) is 12.1 Å². The highest BCUT2D eigenvalue weighted by Crippen LogP contribution is 2.26. The second-order valence-corrected chi connectivity index (χ2v) is 5.77. The first-order valence-electron chi connectivity index (χ1n) is 8.31. The van der Waals surface area contributed by atoms with Gasteiger partial charge < -0.3 is 21.5 Å². The van der Waals surface area contributed by atoms with Gasteiger partial charge in [-0.15, -0.1) is 0 Å². The van der Waals surface area contributed by atoms with Gasteiger partial charge in [0.25, 0.3) is 0 Å². The predicted molar refractivity (Wildman–Crippen MR) is 97.1 cm³/mol. The summed E-state index contributed by atoms with van der Waals surface area (Å²) < 4.78 is 18.5. The molecule has 0 unspecified atom stereocenters. The highest BCUT2D eigenvalue weighted by atomic mass is 19.1. The first kappa shape index (κ1) is 18.7. The molecule has 5 N–H and O–H groups in total. The molecule has 2 aromatic carbocycles. The van der Waals surface area contributed by atoms with Crippen LogP contribution in [0.4, 0.5) is 10.1 Å². The summed E-state index contributed by atoms with van der Waals surface area (Å²) in [5.74, 6) is 0.0909. The summed E-state index contributed by atoms with van der Waals surface area (Å²) >= 11 is 0. The number of carbonyl (C=O) groups excluding carboxylic acids is 1. The molecular weight excluding hydrogens is 321 g/mol. The van der Waals surface area contributed by atoms with Crippen molar-refractivity contribution in [2.75, 3.05) is 25.0 Å². The lowest BCUT2D eigenvalue weighted by atomic mass is 10.1. The molecule has 0 spiro atoms. The second-order valence-electron chi connectivity index (χ2n) is 5.77. The molecule has 0 saturated heterocycles. The van der Waals surface area contributed by atoms with Crippen LogP contribution in [0.15, 0.2) is 42.5 Å². The zero-order valence-corrected chi connectivity index (χ0v) is 14.1. The molecule has 0 aliphatic heterocycles. The number of ether oxygens (including phenoxy) is 1. The molecule has 5 nitrogen and oxygen atoms in total. The van der Waals surface area contributed by atoms with Crippen LogP contribution in [-0.4, -0.2) is 25.6 Å². The summed E-state index contributed by atoms with van der Waals surface area (Å²) in [4.78, 5) is 11.1. The highest BCUT2D eigenvalue weighted by Gasteiger charge is 2.07. The molecule has 134 valence electrons. The first-order valence-corrected chi connectivity index (χ1v) is 8.31. The molecule has 0 heterocycles. The van der Waals surface area contributed by atoms with Gasteiger partial charge in [0.2, 0.25) is 5.91 Å². The van der Waals surface area contributed by atoms with E-state index >= 15 is 0 Å². The van der Waals surface area contributed by atoms with E-state index in [0.717, 1.165) is 36.2 Å². The van der Waals surface area contributed by atoms with E-state index < -0.39 is 0 Å². The molecule has 0 atom stereocenters. The fourth-order valence-corrected chi connectivity index (χ4v) is 2.49. The van der Waals surface area contributed by atoms with Gasteiger partial charge in [0.15, 0.2) is 0 Å². The average Bonchev–Trinajstić information content (AvgIpc) is 2.59. The Hall–Kier alpha value is -2.60. The number of anilines is 1. The molecular formula is C19H24FN3O2. The van der Waals surface area contributed by atoms with Crippen molar-refractivity contribution < 1.29 is 13.9 Å². The van der Waals surface area contributed by atoms with Gasteiger partial charge in [0.1, 0.15) is 18.2 Å². The van der Waals surface area contributed by atoms with E-state index in [1.165, 1.54) is 12.1 Å². The normalized spacial score (nSPS) is 10.5. The van der Waals surface area contributed by atoms with Crippen LogP contribution in [0.3, 0.4) is 0 Å². The van der Waals surface area contributed by atoms with Gasteiger partial charge in [-0.1, -0.05) is 18.2 Å². The minimum Gasteiger partial charge on any atom is -0.490 e. The van der Waals surface area contributed by atoms with Crippen molar-refractivity contribution >= 4 is 11.6 Å². The predicted octanol–water partition coefficient (Wildman–Crippen LogP) is 2.24. The van der Waals surface area contributed by atoms with Crippen LogP contribution in [0.5, 0.6) is 5.75 Å². The Bertz CT molecular complexity index is 690. The third-order valence-electron chi connectivity index (χ3n) is 3.67. The molecule has 0 aliphatic rings. The molecule has 0 radical (unpaired) electrons. The van der Waals surface area contributed by atoms with E-state index in [4.69, 9.17) is 16.2 Å². The Kier molecular flexibility index (Phi) is 7.22. The monoisotopic (exact) mass is 345 g/mol. The van der Waals surface area contributed by atoms with Crippen LogP contribution < -0.4 is 21.5 Å². The number of carbonyl (C=O) groups is 1. The standard InChI is InChI=1S/C19H24FN3O2/c20-16-6-3-14(4-7-16)2-1-10-23-17-12-15(13-19(22)24)5-8-18(17)25-11-9-21/h3-8,12,23H,1-2,9-11,13,21H2,(H2,22,24). The van der Waals surface area contributed by atoms with Gasteiger partial charge in [-0.3, -0.25) is 4.79 Å². The minimum atomic E-state index is -0.377. The van der Waals surface area contributed by atoms with Crippen LogP contribution in [-0.2, 0) is 17.6 Å². The zero-order chi connectivity index (χ0) is 18.1. The molecule has 1 amide bonds. The SMILES string of the molecule is NCCOc1ccc(CC(N)=O)cc1NCCCc1ccc(F)cc1. The number of hydrogen-bond acceptors (Lipinski definition) is 4. The van der Waals surface area contributed by atoms with Crippen molar-refractivity contribution in [1.82, 2.24) is 0 Å². The molecule has 0 saturated carbocycles. The Morgan fingerprint density at radius 2 is 1.84 bits per heavy atom. The fourth-order valence-electron chi connectivity index (χ4n) is 2.49. The van der Waals surface area contributed by atoms with E-state index in [0.29, 0.717) is 18.9 Å². The number of nitrogens with two attached hydrogens (primary N) is 2. The van der Waals surface area contributed by atoms with Gasteiger partial charge in [-0.2, -0.15) is 0 Å². The molecule has 0 bridgehead atoms. The number of benzene rings is 2. The Labute approximate surface area is 147 Å². The van der Waals surface area contributed by atoms with Gasteiger partial charge in [0, 0.05) is 13.1 Å². The summed E-state index contributed by atoms with van der Waals surface area (Å²) in [6.07, 6.45) is 1.90. The van der Waals surface area contributed by atoms with Crippen molar-refractivity contribution in [3.63, 3.8) is 0 Å². The number of amides is 1. The number of primary amides is 1. The topological polar surface area (TPSA) is 90.4 Å². The molecule has 0 aliphatic carbocycles. The number of hydrogen-bond donors (Lipinski definition) is 3. The molecule has 6 heteroatoms. The smallest absolute Gasteiger partial charge is 0.221 e. The number of aryl methyl sites for hydroxylation is 1. The lowest BCUT2D eigenvalue weighted by molar-refractivity contribution is -0.117. The third kappa shape index (κ3) is 6.43. The third-order valence-corrected chi connectivity index (χ3v) is 3.67. The average molecular weight is 345 g/mol. The fraction of sp³-hybridized carbons (Fsp3) is 0.316. The van der Waals surface area contributed by atoms with Crippen LogP contribution in [0.25, 0.3) is 0 Å². The Morgan fingerprint density at radius 1 is 1.12 bits per heavy atom. The zero-order valence-electron chi connectivity index (χ0n) is 14.1. The van der Waals surface area contributed by atoms with Crippen LogP contribution in [0.2, 0.25) is 0 Å². The van der Waals surface area contributed by atoms with Crippen molar-refractivity contribution in [3.8, 4) is 5.75 Å². The largest absolute Gasteiger partial charge is 0.490 e. The maximum Gasteiger partial charge on any atom is 0.221 e. The molecule has 0 fully saturated rings. The summed E-state index contributed by atoms with van der Waals surface area (Å²) in [6.45, 7) is 1.56. The molecule has 2 aromatic rings. The van der Waals surface area contributed by atoms with E-state index in [-0.39, 0.29) is 18.1 Å². The van der Waals surface area contributed by atoms with E-state index in [9.17, 15) is 9.18 Å². The number of nitrogens with one attached hydrogen (secondary N) is 1. The summed E-state index contributed by atoms with van der Waals surface area (Å²) in [7, 11) is 0. The lowest BCUT2D eigenvalue weighted by Gasteiger charge is -2.14. The van der Waals surface area contributed by atoms with Crippen LogP contribution in [0, 0.1) is 5.82 Å². The first-order chi connectivity index (χ1) is 12.1. The summed E-state index contributed by atoms with van der Waals surface area (Å²) in [5.41, 5.74) is 13.5. The highest BCUT2D eigenvalue weighted by molar-refractivity contribution is 5.77. The van der Waals surface area contributed by atoms with Gasteiger partial charge >= 0.3 is 0 Å². The van der Waals surface area contributed by atoms with Crippen molar-refractivity contribution in [1.29, 1.82) is 0 Å². The van der Waals surface area contributed by atoms with Crippen LogP contribution in [0.1, 0.15) is 17.5 Å². The van der Waals surface area contributed by atoms with Gasteiger partial charge in [0.05, 0.1) is 12.1 Å². The number of halogens is 1. The summed E-state index contributed by atoms with van der Waals surface area (Å²) in [5, 5.41) is 3.33. The van der Waals surface area contributed by atoms with Gasteiger partial charge in [-0.25, -0.2) is 4.39 Å². The minimum absolute atomic E-state index is 0.182. The molecule has 25 heavy (non-hydrogen) atoms. The second kappa shape index (κ2) is 9.64. The summed E-state index contributed by atoms with van der Waals surface area (Å²) in [6, 6.07) is 12.0. The van der Waals surface area contributed by atoms with E-state index in [2.05, 4.69) is 5.32 Å². The maximum atomic E-state index is 12.9. The van der Waals surface area contributed by atoms with Crippen molar-refractivity contribution in [2.24, 2.45) is 11.5 Å². The lowest BCUT2D eigenvalue weighted by Crippen LogP contribution is -2.15. The van der Waals surface area contributed by atoms with Crippen LogP contribution >= 0.6 is 0 Å². The Morgan fingerprint density at radius 3 is 2.52 bits per heavy atom. The molecule has 0 aromatic heterocycles. The van der Waals surface area contributed by atoms with E-state index in [1.807, 2.05) is 18.2 Å². The Balaban J connectivity index is 1.94. The quantitative estimate of drug-likeness (QED) is 0.576. The van der Waals surface area contributed by atoms with Crippen molar-refractivity contribution in [3.05, 3.63) is 59.4 Å². The van der Waals surface area contributed by atoms with Gasteiger partial charge in [-0.05, 0) is 48.2 Å².